The van der Waals surface area contributed by atoms with Gasteiger partial charge >= 0.3 is 0 Å². The van der Waals surface area contributed by atoms with Crippen molar-refractivity contribution in [1.82, 2.24) is 4.31 Å². The first-order chi connectivity index (χ1) is 13.8. The number of hydrogen-bond acceptors (Lipinski definition) is 4. The van der Waals surface area contributed by atoms with Crippen molar-refractivity contribution in [2.75, 3.05) is 23.7 Å². The summed E-state index contributed by atoms with van der Waals surface area (Å²) in [6.07, 6.45) is 2.48. The van der Waals surface area contributed by atoms with Gasteiger partial charge in [-0.25, -0.2) is 21.6 Å². The molecule has 0 radical (unpaired) electrons. The molecule has 2 aliphatic rings. The molecular weight excluding hydrogens is 407 g/mol. The minimum Gasteiger partial charge on any atom is -0.382 e. The van der Waals surface area contributed by atoms with Crippen LogP contribution in [-0.2, 0) is 10.0 Å². The Labute approximate surface area is 165 Å². The second-order valence-corrected chi connectivity index (χ2v) is 8.92. The third-order valence-corrected chi connectivity index (χ3v) is 7.17. The Morgan fingerprint density at radius 2 is 1.83 bits per heavy atom. The normalized spacial score (nSPS) is 20.7. The van der Waals surface area contributed by atoms with E-state index in [9.17, 15) is 26.4 Å². The van der Waals surface area contributed by atoms with Gasteiger partial charge in [0.05, 0.1) is 5.69 Å². The number of amides is 1. The van der Waals surface area contributed by atoms with Crippen LogP contribution >= 0.6 is 0 Å². The number of hydrogen-bond donors (Lipinski definition) is 2. The molecule has 1 amide bonds. The molecule has 2 aromatic rings. The maximum absolute atomic E-state index is 13.4. The molecule has 0 unspecified atom stereocenters. The van der Waals surface area contributed by atoms with E-state index in [0.717, 1.165) is 19.3 Å². The Hall–Kier alpha value is -2.59. The predicted molar refractivity (Wildman–Crippen MR) is 101 cm³/mol. The van der Waals surface area contributed by atoms with Crippen molar-refractivity contribution < 1.29 is 26.4 Å². The largest absolute Gasteiger partial charge is 0.382 e. The van der Waals surface area contributed by atoms with Crippen LogP contribution in [0.25, 0.3) is 0 Å². The smallest absolute Gasteiger partial charge is 0.255 e. The highest BCUT2D eigenvalue weighted by molar-refractivity contribution is 7.89. The minimum atomic E-state index is -3.81. The third-order valence-electron chi connectivity index (χ3n) is 5.17. The van der Waals surface area contributed by atoms with Crippen molar-refractivity contribution in [1.29, 1.82) is 0 Å². The number of rotatable bonds is 2. The Morgan fingerprint density at radius 3 is 2.55 bits per heavy atom. The molecule has 0 saturated carbocycles. The number of piperidine rings is 1. The molecule has 6 nitrogen and oxygen atoms in total. The molecule has 1 fully saturated rings. The van der Waals surface area contributed by atoms with Gasteiger partial charge in [0.15, 0.2) is 17.5 Å². The number of benzene rings is 2. The van der Waals surface area contributed by atoms with E-state index in [2.05, 4.69) is 10.6 Å². The summed E-state index contributed by atoms with van der Waals surface area (Å²) < 4.78 is 67.5. The van der Waals surface area contributed by atoms with E-state index < -0.39 is 33.4 Å². The lowest BCUT2D eigenvalue weighted by Crippen LogP contribution is -2.45. The molecule has 0 aromatic heterocycles. The van der Waals surface area contributed by atoms with Crippen molar-refractivity contribution in [3.05, 3.63) is 53.3 Å². The number of carbonyl (C=O) groups is 1. The average Bonchev–Trinajstić information content (AvgIpc) is 2.80. The highest BCUT2D eigenvalue weighted by Gasteiger charge is 2.37. The molecule has 1 saturated heterocycles. The summed E-state index contributed by atoms with van der Waals surface area (Å²) in [7, 11) is -3.81. The van der Waals surface area contributed by atoms with Crippen molar-refractivity contribution >= 4 is 27.3 Å². The van der Waals surface area contributed by atoms with Crippen molar-refractivity contribution in [3.8, 4) is 0 Å². The van der Waals surface area contributed by atoms with Gasteiger partial charge in [-0.05, 0) is 31.0 Å². The third kappa shape index (κ3) is 3.58. The molecule has 2 aromatic carbocycles. The van der Waals surface area contributed by atoms with Crippen LogP contribution in [0.1, 0.15) is 29.6 Å². The van der Waals surface area contributed by atoms with Gasteiger partial charge in [-0.3, -0.25) is 4.79 Å². The number of nitrogens with one attached hydrogen (secondary N) is 2. The Balaban J connectivity index is 1.66. The zero-order valence-corrected chi connectivity index (χ0v) is 16.0. The van der Waals surface area contributed by atoms with Crippen LogP contribution in [0.4, 0.5) is 24.5 Å². The van der Waals surface area contributed by atoms with Crippen molar-refractivity contribution in [2.45, 2.75) is 30.2 Å². The van der Waals surface area contributed by atoms with E-state index in [1.165, 1.54) is 22.5 Å². The van der Waals surface area contributed by atoms with E-state index in [0.29, 0.717) is 30.9 Å². The fourth-order valence-corrected chi connectivity index (χ4v) is 5.59. The van der Waals surface area contributed by atoms with Crippen LogP contribution in [0, 0.1) is 17.5 Å². The molecule has 10 heteroatoms. The second-order valence-electron chi connectivity index (χ2n) is 7.07. The molecule has 2 aliphatic heterocycles. The lowest BCUT2D eigenvalue weighted by molar-refractivity contribution is 0.102. The van der Waals surface area contributed by atoms with Crippen LogP contribution in [-0.4, -0.2) is 37.8 Å². The highest BCUT2D eigenvalue weighted by atomic mass is 32.2. The summed E-state index contributed by atoms with van der Waals surface area (Å²) in [5, 5.41) is 5.38. The van der Waals surface area contributed by atoms with E-state index in [4.69, 9.17) is 0 Å². The standard InChI is InChI=1S/C19H18F3N3O3S/c20-14-8-12(9-15(21)18(14)22)24-19(26)11-4-5-16-17(7-11)29(27,28)25-6-2-1-3-13(25)10-23-16/h4-5,7-9,13,23H,1-3,6,10H2,(H,24,26)/t13-/m1/s1. The van der Waals surface area contributed by atoms with Crippen molar-refractivity contribution in [2.24, 2.45) is 0 Å². The van der Waals surface area contributed by atoms with Gasteiger partial charge in [0.2, 0.25) is 10.0 Å². The first-order valence-electron chi connectivity index (χ1n) is 9.13. The zero-order chi connectivity index (χ0) is 20.8. The molecule has 0 aliphatic carbocycles. The molecule has 29 heavy (non-hydrogen) atoms. The summed E-state index contributed by atoms with van der Waals surface area (Å²) in [6, 6.07) is 5.29. The van der Waals surface area contributed by atoms with E-state index in [-0.39, 0.29) is 22.2 Å². The van der Waals surface area contributed by atoms with Crippen LogP contribution in [0.5, 0.6) is 0 Å². The molecule has 4 rings (SSSR count). The number of halogens is 3. The summed E-state index contributed by atoms with van der Waals surface area (Å²) in [6.45, 7) is 0.893. The summed E-state index contributed by atoms with van der Waals surface area (Å²) in [5.74, 6) is -5.29. The van der Waals surface area contributed by atoms with Gasteiger partial charge in [0, 0.05) is 42.5 Å². The van der Waals surface area contributed by atoms with Crippen LogP contribution < -0.4 is 10.6 Å². The number of anilines is 2. The molecule has 2 N–H and O–H groups in total. The lowest BCUT2D eigenvalue weighted by Gasteiger charge is -2.32. The van der Waals surface area contributed by atoms with E-state index >= 15 is 0 Å². The minimum absolute atomic E-state index is 0.00488. The van der Waals surface area contributed by atoms with Gasteiger partial charge in [-0.2, -0.15) is 4.31 Å². The lowest BCUT2D eigenvalue weighted by atomic mass is 10.0. The summed E-state index contributed by atoms with van der Waals surface area (Å²) in [4.78, 5) is 12.5. The van der Waals surface area contributed by atoms with Gasteiger partial charge in [0.1, 0.15) is 4.90 Å². The topological polar surface area (TPSA) is 78.5 Å². The fourth-order valence-electron chi connectivity index (χ4n) is 3.70. The Bertz CT molecular complexity index is 1070. The number of sulfonamides is 1. The predicted octanol–water partition coefficient (Wildman–Crippen LogP) is 3.32. The molecule has 1 atom stereocenters. The Kier molecular flexibility index (Phi) is 4.99. The first-order valence-corrected chi connectivity index (χ1v) is 10.6. The van der Waals surface area contributed by atoms with E-state index in [1.54, 1.807) is 0 Å². The summed E-state index contributed by atoms with van der Waals surface area (Å²) >= 11 is 0. The molecule has 0 spiro atoms. The van der Waals surface area contributed by atoms with Crippen LogP contribution in [0.2, 0.25) is 0 Å². The number of fused-ring (bicyclic) bond motifs is 2. The van der Waals surface area contributed by atoms with Gasteiger partial charge < -0.3 is 10.6 Å². The molecule has 2 heterocycles. The number of nitrogens with zero attached hydrogens (tertiary/aromatic N) is 1. The number of carbonyl (C=O) groups excluding carboxylic acids is 1. The maximum atomic E-state index is 13.4. The maximum Gasteiger partial charge on any atom is 0.255 e. The van der Waals surface area contributed by atoms with Gasteiger partial charge in [0.25, 0.3) is 5.91 Å². The van der Waals surface area contributed by atoms with Crippen LogP contribution in [0.3, 0.4) is 0 Å². The Morgan fingerprint density at radius 1 is 1.10 bits per heavy atom. The zero-order valence-electron chi connectivity index (χ0n) is 15.2. The second kappa shape index (κ2) is 7.34. The van der Waals surface area contributed by atoms with Gasteiger partial charge in [-0.15, -0.1) is 0 Å². The monoisotopic (exact) mass is 425 g/mol. The molecular formula is C19H18F3N3O3S. The molecule has 154 valence electrons. The summed E-state index contributed by atoms with van der Waals surface area (Å²) in [5.41, 5.74) is 0.114. The van der Waals surface area contributed by atoms with Crippen molar-refractivity contribution in [3.63, 3.8) is 0 Å². The quantitative estimate of drug-likeness (QED) is 0.724. The van der Waals surface area contributed by atoms with E-state index in [1.807, 2.05) is 0 Å². The SMILES string of the molecule is O=C(Nc1cc(F)c(F)c(F)c1)c1ccc2c(c1)S(=O)(=O)N1CCCC[C@@H]1CN2. The molecule has 0 bridgehead atoms. The first kappa shape index (κ1) is 19.7. The highest BCUT2D eigenvalue weighted by Crippen LogP contribution is 2.33. The fraction of sp³-hybridized carbons (Fsp3) is 0.316. The van der Waals surface area contributed by atoms with Gasteiger partial charge in [-0.1, -0.05) is 6.42 Å². The van der Waals surface area contributed by atoms with Crippen LogP contribution in [0.15, 0.2) is 35.2 Å². The average molecular weight is 425 g/mol.